The molecule has 0 aliphatic carbocycles. The van der Waals surface area contributed by atoms with Gasteiger partial charge < -0.3 is 34.2 Å². The number of carboxylic acid groups (broad SMARTS) is 1. The summed E-state index contributed by atoms with van der Waals surface area (Å²) in [5.74, 6) is 3.33. The summed E-state index contributed by atoms with van der Waals surface area (Å²) in [6.45, 7) is 5.48. The molecule has 0 saturated carbocycles. The molecule has 6 rings (SSSR count). The van der Waals surface area contributed by atoms with Crippen LogP contribution in [0.4, 0.5) is 10.2 Å². The van der Waals surface area contributed by atoms with Gasteiger partial charge in [0.05, 0.1) is 23.3 Å². The Kier molecular flexibility index (Phi) is 8.84. The minimum atomic E-state index is -0.365. The van der Waals surface area contributed by atoms with Crippen LogP contribution in [0.5, 0.6) is 11.5 Å². The molecule has 0 atom stereocenters. The Bertz CT molecular complexity index is 1640. The highest BCUT2D eigenvalue weighted by molar-refractivity contribution is 5.84. The zero-order chi connectivity index (χ0) is 28.6. The molecule has 1 aromatic carbocycles. The molecule has 0 unspecified atom stereocenters. The maximum absolute atomic E-state index is 13.9. The predicted molar refractivity (Wildman–Crippen MR) is 149 cm³/mol. The van der Waals surface area contributed by atoms with Crippen LogP contribution in [-0.2, 0) is 30.7 Å². The number of nitrogens with zero attached hydrogens (tertiary/aromatic N) is 5. The summed E-state index contributed by atoms with van der Waals surface area (Å²) in [4.78, 5) is 26.2. The van der Waals surface area contributed by atoms with Crippen LogP contribution < -0.4 is 20.1 Å². The number of aryl methyl sites for hydroxylation is 1. The van der Waals surface area contributed by atoms with Crippen LogP contribution in [-0.4, -0.2) is 62.4 Å². The first-order valence-corrected chi connectivity index (χ1v) is 13.3. The van der Waals surface area contributed by atoms with E-state index in [1.165, 1.54) is 6.07 Å². The normalized spacial score (nSPS) is 12.2. The van der Waals surface area contributed by atoms with Crippen molar-refractivity contribution in [2.24, 2.45) is 0 Å². The average molecular weight is 564 g/mol. The summed E-state index contributed by atoms with van der Waals surface area (Å²) < 4.78 is 33.5. The molecule has 0 amide bonds. The zero-order valence-corrected chi connectivity index (χ0v) is 22.5. The lowest BCUT2D eigenvalue weighted by atomic mass is 10.2. The van der Waals surface area contributed by atoms with Crippen molar-refractivity contribution < 1.29 is 28.2 Å². The lowest BCUT2D eigenvalue weighted by Gasteiger charge is -2.18. The number of benzene rings is 1. The van der Waals surface area contributed by atoms with E-state index < -0.39 is 0 Å². The number of fused-ring (bicyclic) bond motifs is 3. The largest absolute Gasteiger partial charge is 0.486 e. The molecule has 214 valence electrons. The van der Waals surface area contributed by atoms with E-state index in [1.54, 1.807) is 24.5 Å². The van der Waals surface area contributed by atoms with E-state index in [1.807, 2.05) is 12.1 Å². The number of oxazole rings is 1. The van der Waals surface area contributed by atoms with Gasteiger partial charge in [-0.25, -0.2) is 19.3 Å². The molecule has 5 aromatic rings. The average Bonchev–Trinajstić information content (AvgIpc) is 3.56. The van der Waals surface area contributed by atoms with Crippen molar-refractivity contribution in [3.63, 3.8) is 0 Å². The summed E-state index contributed by atoms with van der Waals surface area (Å²) in [6, 6.07) is 8.70. The van der Waals surface area contributed by atoms with Crippen LogP contribution in [0.3, 0.4) is 0 Å². The highest BCUT2D eigenvalue weighted by Gasteiger charge is 2.18. The quantitative estimate of drug-likeness (QED) is 0.169. The second-order valence-electron chi connectivity index (χ2n) is 9.01. The molecule has 5 heterocycles. The second kappa shape index (κ2) is 13.0. The molecule has 1 aliphatic heterocycles. The van der Waals surface area contributed by atoms with E-state index in [0.717, 1.165) is 47.9 Å². The first-order chi connectivity index (χ1) is 20.1. The van der Waals surface area contributed by atoms with E-state index >= 15 is 0 Å². The molecule has 0 radical (unpaired) electrons. The van der Waals surface area contributed by atoms with E-state index in [9.17, 15) is 4.39 Å². The molecule has 41 heavy (non-hydrogen) atoms. The lowest BCUT2D eigenvalue weighted by Crippen LogP contribution is -2.21. The van der Waals surface area contributed by atoms with Crippen molar-refractivity contribution in [3.05, 3.63) is 66.0 Å². The molecule has 0 fully saturated rings. The molecule has 0 saturated heterocycles. The lowest BCUT2D eigenvalue weighted by molar-refractivity contribution is -0.122. The van der Waals surface area contributed by atoms with Crippen molar-refractivity contribution >= 4 is 34.4 Å². The predicted octanol–water partition coefficient (Wildman–Crippen LogP) is 3.59. The van der Waals surface area contributed by atoms with Crippen molar-refractivity contribution in [1.82, 2.24) is 29.8 Å². The van der Waals surface area contributed by atoms with E-state index in [4.69, 9.17) is 28.8 Å². The molecular formula is C28H30FN7O5. The number of pyridine rings is 2. The third-order valence-corrected chi connectivity index (χ3v) is 6.46. The Morgan fingerprint density at radius 3 is 2.63 bits per heavy atom. The summed E-state index contributed by atoms with van der Waals surface area (Å²) >= 11 is 0. The van der Waals surface area contributed by atoms with Crippen LogP contribution in [0.2, 0.25) is 0 Å². The fourth-order valence-corrected chi connectivity index (χ4v) is 4.63. The van der Waals surface area contributed by atoms with Gasteiger partial charge >= 0.3 is 0 Å². The van der Waals surface area contributed by atoms with Gasteiger partial charge in [0, 0.05) is 63.1 Å². The van der Waals surface area contributed by atoms with Crippen LogP contribution in [0.25, 0.3) is 22.1 Å². The Hall–Kier alpha value is -4.78. The Balaban J connectivity index is 0.00000108. The van der Waals surface area contributed by atoms with Crippen LogP contribution >= 0.6 is 0 Å². The number of ether oxygens (including phenoxy) is 2. The van der Waals surface area contributed by atoms with Crippen LogP contribution in [0.15, 0.2) is 47.1 Å². The Labute approximate surface area is 234 Å². The minimum absolute atomic E-state index is 0.202. The summed E-state index contributed by atoms with van der Waals surface area (Å²) in [5.41, 5.74) is 3.54. The van der Waals surface area contributed by atoms with Crippen molar-refractivity contribution in [3.8, 4) is 11.5 Å². The number of halogens is 1. The molecule has 1 aliphatic rings. The number of imidazole rings is 1. The molecule has 3 N–H and O–H groups in total. The standard InChI is InChI=1S/C27H28FN7O3.CH2O2/c1-2-35-20-15-23-22(36-12-13-37-23)14-18(20)33-24(35)6-9-29-10-7-25-34-26-21(38-25)5-11-31-27(26)32-16-19-17(28)4-3-8-30-19;2-1-3/h3-5,8,11,14-15,29H,2,6-7,9-10,12-13,16H2,1H3,(H,31,32);1H,(H,2,3). The second-order valence-corrected chi connectivity index (χ2v) is 9.01. The molecule has 0 spiro atoms. The summed E-state index contributed by atoms with van der Waals surface area (Å²) in [6.07, 6.45) is 4.60. The molecule has 0 bridgehead atoms. The monoisotopic (exact) mass is 563 g/mol. The first-order valence-electron chi connectivity index (χ1n) is 13.3. The third-order valence-electron chi connectivity index (χ3n) is 6.46. The number of hydrogen-bond donors (Lipinski definition) is 3. The first kappa shape index (κ1) is 27.8. The molecular weight excluding hydrogens is 533 g/mol. The van der Waals surface area contributed by atoms with E-state index in [2.05, 4.69) is 37.1 Å². The van der Waals surface area contributed by atoms with Gasteiger partial charge in [-0.2, -0.15) is 0 Å². The smallest absolute Gasteiger partial charge is 0.290 e. The van der Waals surface area contributed by atoms with Crippen molar-refractivity contribution in [2.75, 3.05) is 31.6 Å². The maximum Gasteiger partial charge on any atom is 0.290 e. The SMILES string of the molecule is CCn1c(CCNCCc2nc3c(NCc4ncccc4F)nccc3o2)nc2cc3c(cc21)OCCO3.O=CO. The van der Waals surface area contributed by atoms with Gasteiger partial charge in [-0.05, 0) is 19.1 Å². The van der Waals surface area contributed by atoms with Crippen LogP contribution in [0, 0.1) is 5.82 Å². The van der Waals surface area contributed by atoms with Crippen LogP contribution in [0.1, 0.15) is 24.3 Å². The van der Waals surface area contributed by atoms with Gasteiger partial charge in [0.2, 0.25) is 0 Å². The van der Waals surface area contributed by atoms with Gasteiger partial charge in [0.15, 0.2) is 34.3 Å². The highest BCUT2D eigenvalue weighted by Crippen LogP contribution is 2.34. The summed E-state index contributed by atoms with van der Waals surface area (Å²) in [7, 11) is 0. The van der Waals surface area contributed by atoms with E-state index in [-0.39, 0.29) is 18.8 Å². The summed E-state index contributed by atoms with van der Waals surface area (Å²) in [5, 5.41) is 13.5. The number of nitrogens with one attached hydrogen (secondary N) is 2. The maximum atomic E-state index is 13.9. The van der Waals surface area contributed by atoms with Gasteiger partial charge in [-0.3, -0.25) is 9.78 Å². The Morgan fingerprint density at radius 1 is 1.07 bits per heavy atom. The topological polar surface area (TPSA) is 149 Å². The fraction of sp³-hybridized carbons (Fsp3) is 0.321. The highest BCUT2D eigenvalue weighted by atomic mass is 19.1. The van der Waals surface area contributed by atoms with Gasteiger partial charge in [-0.15, -0.1) is 0 Å². The number of carbonyl (C=O) groups is 1. The van der Waals surface area contributed by atoms with Crippen molar-refractivity contribution in [1.29, 1.82) is 0 Å². The molecule has 12 nitrogen and oxygen atoms in total. The number of hydrogen-bond acceptors (Lipinski definition) is 10. The van der Waals surface area contributed by atoms with Gasteiger partial charge in [0.25, 0.3) is 6.47 Å². The number of rotatable bonds is 10. The van der Waals surface area contributed by atoms with Gasteiger partial charge in [0.1, 0.15) is 24.9 Å². The van der Waals surface area contributed by atoms with Gasteiger partial charge in [-0.1, -0.05) is 0 Å². The number of anilines is 1. The molecule has 13 heteroatoms. The molecule has 4 aromatic heterocycles. The third kappa shape index (κ3) is 6.35. The number of aromatic nitrogens is 5. The van der Waals surface area contributed by atoms with Crippen molar-refractivity contribution in [2.45, 2.75) is 32.9 Å². The minimum Gasteiger partial charge on any atom is -0.486 e. The fourth-order valence-electron chi connectivity index (χ4n) is 4.63. The zero-order valence-electron chi connectivity index (χ0n) is 22.5. The van der Waals surface area contributed by atoms with E-state index in [0.29, 0.717) is 54.7 Å². The Morgan fingerprint density at radius 2 is 1.85 bits per heavy atom.